The SMILES string of the molecule is Fc1cc(Cc2cc[c]cc2)cc(F)c1F. The van der Waals surface area contributed by atoms with Crippen molar-refractivity contribution in [3.8, 4) is 0 Å². The minimum atomic E-state index is -1.43. The number of hydrogen-bond donors (Lipinski definition) is 0. The highest BCUT2D eigenvalue weighted by Crippen LogP contribution is 2.16. The molecule has 0 amide bonds. The summed E-state index contributed by atoms with van der Waals surface area (Å²) in [5, 5.41) is 0. The number of benzene rings is 2. The molecule has 0 aliphatic heterocycles. The molecule has 0 spiro atoms. The molecule has 0 N–H and O–H groups in total. The van der Waals surface area contributed by atoms with Gasteiger partial charge in [-0.25, -0.2) is 13.2 Å². The fourth-order valence-electron chi connectivity index (χ4n) is 1.49. The number of halogens is 3. The average Bonchev–Trinajstić information content (AvgIpc) is 2.27. The summed E-state index contributed by atoms with van der Waals surface area (Å²) in [5.41, 5.74) is 1.30. The van der Waals surface area contributed by atoms with E-state index in [-0.39, 0.29) is 0 Å². The summed E-state index contributed by atoms with van der Waals surface area (Å²) >= 11 is 0. The van der Waals surface area contributed by atoms with Gasteiger partial charge >= 0.3 is 0 Å². The van der Waals surface area contributed by atoms with E-state index in [1.807, 2.05) is 0 Å². The summed E-state index contributed by atoms with van der Waals surface area (Å²) < 4.78 is 38.5. The van der Waals surface area contributed by atoms with Crippen molar-refractivity contribution in [2.24, 2.45) is 0 Å². The molecule has 2 rings (SSSR count). The fourth-order valence-corrected chi connectivity index (χ4v) is 1.49. The maximum atomic E-state index is 12.9. The van der Waals surface area contributed by atoms with Crippen LogP contribution in [0, 0.1) is 23.5 Å². The van der Waals surface area contributed by atoms with Gasteiger partial charge < -0.3 is 0 Å². The lowest BCUT2D eigenvalue weighted by Crippen LogP contribution is -1.95. The van der Waals surface area contributed by atoms with Crippen molar-refractivity contribution >= 4 is 0 Å². The van der Waals surface area contributed by atoms with Gasteiger partial charge in [0, 0.05) is 0 Å². The molecule has 0 unspecified atom stereocenters. The van der Waals surface area contributed by atoms with Crippen LogP contribution in [0.4, 0.5) is 13.2 Å². The summed E-state index contributed by atoms with van der Waals surface area (Å²) in [7, 11) is 0. The molecule has 0 nitrogen and oxygen atoms in total. The molecular formula is C13H8F3. The second-order valence-corrected chi connectivity index (χ2v) is 3.46. The fraction of sp³-hybridized carbons (Fsp3) is 0.0769. The highest BCUT2D eigenvalue weighted by atomic mass is 19.2. The molecule has 0 aromatic heterocycles. The summed E-state index contributed by atoms with van der Waals surface area (Å²) in [6, 6.07) is 11.9. The molecule has 0 aliphatic rings. The van der Waals surface area contributed by atoms with Crippen LogP contribution in [0.15, 0.2) is 36.4 Å². The summed E-state index contributed by atoms with van der Waals surface area (Å²) in [6.07, 6.45) is 0.364. The van der Waals surface area contributed by atoms with Crippen molar-refractivity contribution in [1.29, 1.82) is 0 Å². The van der Waals surface area contributed by atoms with E-state index in [2.05, 4.69) is 6.07 Å². The third kappa shape index (κ3) is 2.24. The second kappa shape index (κ2) is 4.39. The standard InChI is InChI=1S/C13H8F3/c14-11-7-10(8-12(15)13(11)16)6-9-4-2-1-3-5-9/h2-5,7-8H,6H2. The molecular weight excluding hydrogens is 213 g/mol. The van der Waals surface area contributed by atoms with E-state index in [0.29, 0.717) is 12.0 Å². The van der Waals surface area contributed by atoms with Crippen LogP contribution >= 0.6 is 0 Å². The Labute approximate surface area is 91.4 Å². The Hall–Kier alpha value is -1.77. The van der Waals surface area contributed by atoms with Crippen LogP contribution < -0.4 is 0 Å². The van der Waals surface area contributed by atoms with Crippen LogP contribution in [-0.2, 0) is 6.42 Å². The third-order valence-electron chi connectivity index (χ3n) is 2.24. The van der Waals surface area contributed by atoms with Gasteiger partial charge in [-0.2, -0.15) is 0 Å². The van der Waals surface area contributed by atoms with Crippen molar-refractivity contribution in [2.45, 2.75) is 6.42 Å². The van der Waals surface area contributed by atoms with Crippen molar-refractivity contribution in [2.75, 3.05) is 0 Å². The van der Waals surface area contributed by atoms with Crippen LogP contribution in [-0.4, -0.2) is 0 Å². The zero-order chi connectivity index (χ0) is 11.5. The first-order valence-electron chi connectivity index (χ1n) is 4.75. The van der Waals surface area contributed by atoms with Gasteiger partial charge in [-0.3, -0.25) is 0 Å². The minimum Gasteiger partial charge on any atom is -0.204 e. The van der Waals surface area contributed by atoms with Crippen LogP contribution in [0.25, 0.3) is 0 Å². The quantitative estimate of drug-likeness (QED) is 0.681. The van der Waals surface area contributed by atoms with Gasteiger partial charge in [0.2, 0.25) is 0 Å². The van der Waals surface area contributed by atoms with Crippen molar-refractivity contribution < 1.29 is 13.2 Å². The Morgan fingerprint density at radius 2 is 1.44 bits per heavy atom. The third-order valence-corrected chi connectivity index (χ3v) is 2.24. The first kappa shape index (κ1) is 10.7. The lowest BCUT2D eigenvalue weighted by Gasteiger charge is -2.03. The predicted octanol–water partition coefficient (Wildman–Crippen LogP) is 3.49. The largest absolute Gasteiger partial charge is 0.204 e. The van der Waals surface area contributed by atoms with E-state index >= 15 is 0 Å². The van der Waals surface area contributed by atoms with Gasteiger partial charge in [0.25, 0.3) is 0 Å². The van der Waals surface area contributed by atoms with E-state index in [0.717, 1.165) is 17.7 Å². The Morgan fingerprint density at radius 3 is 2.00 bits per heavy atom. The van der Waals surface area contributed by atoms with E-state index in [1.54, 1.807) is 24.3 Å². The van der Waals surface area contributed by atoms with Gasteiger partial charge in [-0.05, 0) is 35.7 Å². The molecule has 2 aromatic carbocycles. The lowest BCUT2D eigenvalue weighted by atomic mass is 10.0. The smallest absolute Gasteiger partial charge is 0.194 e. The molecule has 0 aliphatic carbocycles. The molecule has 0 bridgehead atoms. The minimum absolute atomic E-state index is 0.364. The zero-order valence-corrected chi connectivity index (χ0v) is 8.31. The van der Waals surface area contributed by atoms with Gasteiger partial charge in [0.05, 0.1) is 0 Å². The van der Waals surface area contributed by atoms with Gasteiger partial charge in [0.1, 0.15) is 0 Å². The highest BCUT2D eigenvalue weighted by Gasteiger charge is 2.10. The first-order chi connectivity index (χ1) is 7.66. The average molecular weight is 221 g/mol. The summed E-state index contributed by atoms with van der Waals surface area (Å²) in [5.74, 6) is -3.74. The molecule has 16 heavy (non-hydrogen) atoms. The van der Waals surface area contributed by atoms with Gasteiger partial charge in [-0.15, -0.1) is 0 Å². The molecule has 0 saturated carbocycles. The van der Waals surface area contributed by atoms with E-state index in [9.17, 15) is 13.2 Å². The topological polar surface area (TPSA) is 0 Å². The Balaban J connectivity index is 2.29. The van der Waals surface area contributed by atoms with Crippen LogP contribution in [0.1, 0.15) is 11.1 Å². The van der Waals surface area contributed by atoms with Crippen molar-refractivity contribution in [3.05, 3.63) is 71.0 Å². The van der Waals surface area contributed by atoms with E-state index in [4.69, 9.17) is 0 Å². The van der Waals surface area contributed by atoms with Crippen molar-refractivity contribution in [1.82, 2.24) is 0 Å². The monoisotopic (exact) mass is 221 g/mol. The molecule has 0 saturated heterocycles. The predicted molar refractivity (Wildman–Crippen MR) is 54.4 cm³/mol. The van der Waals surface area contributed by atoms with Crippen LogP contribution in [0.5, 0.6) is 0 Å². The second-order valence-electron chi connectivity index (χ2n) is 3.46. The lowest BCUT2D eigenvalue weighted by molar-refractivity contribution is 0.445. The summed E-state index contributed by atoms with van der Waals surface area (Å²) in [6.45, 7) is 0. The molecule has 0 atom stereocenters. The Bertz CT molecular complexity index is 469. The molecule has 3 heteroatoms. The molecule has 0 fully saturated rings. The number of hydrogen-bond acceptors (Lipinski definition) is 0. The van der Waals surface area contributed by atoms with Gasteiger partial charge in [0.15, 0.2) is 17.5 Å². The first-order valence-corrected chi connectivity index (χ1v) is 4.75. The van der Waals surface area contributed by atoms with Crippen LogP contribution in [0.3, 0.4) is 0 Å². The number of rotatable bonds is 2. The van der Waals surface area contributed by atoms with Crippen molar-refractivity contribution in [3.63, 3.8) is 0 Å². The Morgan fingerprint density at radius 1 is 0.875 bits per heavy atom. The zero-order valence-electron chi connectivity index (χ0n) is 8.31. The maximum Gasteiger partial charge on any atom is 0.194 e. The van der Waals surface area contributed by atoms with E-state index in [1.165, 1.54) is 0 Å². The normalized spacial score (nSPS) is 10.4. The molecule has 81 valence electrons. The van der Waals surface area contributed by atoms with Gasteiger partial charge in [-0.1, -0.05) is 24.3 Å². The maximum absolute atomic E-state index is 12.9. The van der Waals surface area contributed by atoms with E-state index < -0.39 is 17.5 Å². The summed E-state index contributed by atoms with van der Waals surface area (Å²) in [4.78, 5) is 0. The highest BCUT2D eigenvalue weighted by molar-refractivity contribution is 5.27. The molecule has 2 aromatic rings. The molecule has 0 heterocycles. The van der Waals surface area contributed by atoms with Crippen LogP contribution in [0.2, 0.25) is 0 Å². The Kier molecular flexibility index (Phi) is 2.95. The molecule has 1 radical (unpaired) electrons.